The molecule has 0 bridgehead atoms. The zero-order valence-corrected chi connectivity index (χ0v) is 16.6. The molecule has 0 aliphatic rings. The number of guanidine groups is 1. The van der Waals surface area contributed by atoms with Crippen molar-refractivity contribution in [3.63, 3.8) is 0 Å². The van der Waals surface area contributed by atoms with Gasteiger partial charge in [0.25, 0.3) is 0 Å². The molecule has 1 aromatic rings. The molecule has 5 heteroatoms. The van der Waals surface area contributed by atoms with Crippen LogP contribution < -0.4 is 10.6 Å². The van der Waals surface area contributed by atoms with E-state index in [9.17, 15) is 0 Å². The summed E-state index contributed by atoms with van der Waals surface area (Å²) in [6, 6.07) is 0. The minimum Gasteiger partial charge on any atom is -0.357 e. The van der Waals surface area contributed by atoms with Crippen molar-refractivity contribution >= 4 is 5.96 Å². The Labute approximate surface area is 148 Å². The van der Waals surface area contributed by atoms with Gasteiger partial charge in [-0.15, -0.1) is 0 Å². The molecule has 1 heterocycles. The minimum absolute atomic E-state index is 0.697. The third-order valence-electron chi connectivity index (χ3n) is 4.72. The highest BCUT2D eigenvalue weighted by molar-refractivity contribution is 5.79. The molecule has 0 saturated carbocycles. The van der Waals surface area contributed by atoms with Crippen molar-refractivity contribution in [1.82, 2.24) is 20.4 Å². The average Bonchev–Trinajstić information content (AvgIpc) is 2.80. The predicted molar refractivity (Wildman–Crippen MR) is 104 cm³/mol. The molecule has 1 aromatic heterocycles. The second-order valence-corrected chi connectivity index (χ2v) is 6.59. The molecular weight excluding hydrogens is 298 g/mol. The van der Waals surface area contributed by atoms with E-state index in [2.05, 4.69) is 50.4 Å². The Morgan fingerprint density at radius 1 is 1.21 bits per heavy atom. The van der Waals surface area contributed by atoms with E-state index in [0.717, 1.165) is 37.7 Å². The zero-order chi connectivity index (χ0) is 17.9. The average molecular weight is 336 g/mol. The first-order chi connectivity index (χ1) is 11.5. The van der Waals surface area contributed by atoms with E-state index < -0.39 is 0 Å². The Morgan fingerprint density at radius 2 is 1.96 bits per heavy atom. The second kappa shape index (κ2) is 11.1. The molecule has 0 spiro atoms. The van der Waals surface area contributed by atoms with Crippen LogP contribution in [0, 0.1) is 19.8 Å². The van der Waals surface area contributed by atoms with Crippen LogP contribution in [0.15, 0.2) is 4.99 Å². The quantitative estimate of drug-likeness (QED) is 0.509. The number of hydrogen-bond acceptors (Lipinski definition) is 2. The summed E-state index contributed by atoms with van der Waals surface area (Å²) in [7, 11) is 2.01. The molecule has 0 radical (unpaired) electrons. The lowest BCUT2D eigenvalue weighted by molar-refractivity contribution is 0.461. The van der Waals surface area contributed by atoms with Crippen molar-refractivity contribution in [3.05, 3.63) is 17.0 Å². The van der Waals surface area contributed by atoms with Crippen molar-refractivity contribution in [3.8, 4) is 0 Å². The van der Waals surface area contributed by atoms with Crippen molar-refractivity contribution in [2.45, 2.75) is 66.7 Å². The summed E-state index contributed by atoms with van der Waals surface area (Å²) in [5.74, 6) is 1.63. The fourth-order valence-corrected chi connectivity index (χ4v) is 2.96. The van der Waals surface area contributed by atoms with Gasteiger partial charge in [0, 0.05) is 32.4 Å². The molecule has 0 aliphatic heterocycles. The second-order valence-electron chi connectivity index (χ2n) is 6.59. The third-order valence-corrected chi connectivity index (χ3v) is 4.72. The maximum atomic E-state index is 4.79. The zero-order valence-electron chi connectivity index (χ0n) is 16.6. The first-order valence-electron chi connectivity index (χ1n) is 9.54. The van der Waals surface area contributed by atoms with Gasteiger partial charge in [-0.05, 0) is 45.1 Å². The Morgan fingerprint density at radius 3 is 2.50 bits per heavy atom. The van der Waals surface area contributed by atoms with Crippen LogP contribution in [-0.2, 0) is 13.5 Å². The lowest BCUT2D eigenvalue weighted by Gasteiger charge is -2.15. The summed E-state index contributed by atoms with van der Waals surface area (Å²) in [6.45, 7) is 13.5. The Bertz CT molecular complexity index is 504. The SMILES string of the molecule is CCCCC(CC)CN=C(NCC)NCCc1c(C)nn(C)c1C. The first-order valence-corrected chi connectivity index (χ1v) is 9.54. The molecular formula is C19H37N5. The Kier molecular flexibility index (Phi) is 9.50. The number of rotatable bonds is 10. The summed E-state index contributed by atoms with van der Waals surface area (Å²) in [6.07, 6.45) is 6.03. The highest BCUT2D eigenvalue weighted by atomic mass is 15.3. The number of unbranched alkanes of at least 4 members (excludes halogenated alkanes) is 1. The molecule has 138 valence electrons. The third kappa shape index (κ3) is 6.54. The van der Waals surface area contributed by atoms with Gasteiger partial charge in [0.2, 0.25) is 0 Å². The monoisotopic (exact) mass is 335 g/mol. The fraction of sp³-hybridized carbons (Fsp3) is 0.789. The van der Waals surface area contributed by atoms with E-state index in [1.54, 1.807) is 0 Å². The van der Waals surface area contributed by atoms with Gasteiger partial charge in [0.05, 0.1) is 5.69 Å². The smallest absolute Gasteiger partial charge is 0.191 e. The standard InChI is InChI=1S/C19H37N5/c1-7-10-11-17(8-2)14-22-19(20-9-3)21-13-12-18-15(4)23-24(6)16(18)5/h17H,7-14H2,1-6H3,(H2,20,21,22). The molecule has 24 heavy (non-hydrogen) atoms. The highest BCUT2D eigenvalue weighted by Gasteiger charge is 2.09. The van der Waals surface area contributed by atoms with Crippen LogP contribution in [0.3, 0.4) is 0 Å². The molecule has 5 nitrogen and oxygen atoms in total. The van der Waals surface area contributed by atoms with Crippen molar-refractivity contribution in [1.29, 1.82) is 0 Å². The normalized spacial score (nSPS) is 13.2. The molecule has 0 aliphatic carbocycles. The van der Waals surface area contributed by atoms with E-state index >= 15 is 0 Å². The number of nitrogens with one attached hydrogen (secondary N) is 2. The maximum absolute atomic E-state index is 4.79. The van der Waals surface area contributed by atoms with Crippen LogP contribution in [0.1, 0.15) is 63.4 Å². The van der Waals surface area contributed by atoms with Gasteiger partial charge in [-0.3, -0.25) is 9.67 Å². The molecule has 1 atom stereocenters. The highest BCUT2D eigenvalue weighted by Crippen LogP contribution is 2.13. The summed E-state index contributed by atoms with van der Waals surface area (Å²) < 4.78 is 1.96. The van der Waals surface area contributed by atoms with Gasteiger partial charge in [-0.25, -0.2) is 0 Å². The van der Waals surface area contributed by atoms with E-state index in [-0.39, 0.29) is 0 Å². The van der Waals surface area contributed by atoms with E-state index in [1.807, 2.05) is 11.7 Å². The molecule has 2 N–H and O–H groups in total. The first kappa shape index (κ1) is 20.5. The largest absolute Gasteiger partial charge is 0.357 e. The van der Waals surface area contributed by atoms with Crippen LogP contribution in [-0.4, -0.2) is 35.4 Å². The van der Waals surface area contributed by atoms with Crippen molar-refractivity contribution in [2.24, 2.45) is 18.0 Å². The molecule has 0 amide bonds. The van der Waals surface area contributed by atoms with E-state index in [1.165, 1.54) is 36.9 Å². The lowest BCUT2D eigenvalue weighted by atomic mass is 10.00. The van der Waals surface area contributed by atoms with Crippen LogP contribution in [0.4, 0.5) is 0 Å². The number of aryl methyl sites for hydroxylation is 2. The summed E-state index contributed by atoms with van der Waals surface area (Å²) >= 11 is 0. The molecule has 0 saturated heterocycles. The topological polar surface area (TPSA) is 54.2 Å². The molecule has 1 rings (SSSR count). The van der Waals surface area contributed by atoms with Crippen LogP contribution in [0.2, 0.25) is 0 Å². The summed E-state index contributed by atoms with van der Waals surface area (Å²) in [5.41, 5.74) is 3.72. The number of aliphatic imine (C=N–C) groups is 1. The van der Waals surface area contributed by atoms with E-state index in [0.29, 0.717) is 5.92 Å². The lowest BCUT2D eigenvalue weighted by Crippen LogP contribution is -2.38. The number of aromatic nitrogens is 2. The van der Waals surface area contributed by atoms with Crippen LogP contribution in [0.25, 0.3) is 0 Å². The van der Waals surface area contributed by atoms with Crippen LogP contribution >= 0.6 is 0 Å². The summed E-state index contributed by atoms with van der Waals surface area (Å²) in [5, 5.41) is 11.3. The Hall–Kier alpha value is -1.52. The predicted octanol–water partition coefficient (Wildman–Crippen LogP) is 3.35. The number of nitrogens with zero attached hydrogens (tertiary/aromatic N) is 3. The molecule has 0 fully saturated rings. The Balaban J connectivity index is 2.54. The van der Waals surface area contributed by atoms with Crippen molar-refractivity contribution < 1.29 is 0 Å². The fourth-order valence-electron chi connectivity index (χ4n) is 2.96. The minimum atomic E-state index is 0.697. The van der Waals surface area contributed by atoms with Gasteiger partial charge in [0.15, 0.2) is 5.96 Å². The summed E-state index contributed by atoms with van der Waals surface area (Å²) in [4.78, 5) is 4.79. The van der Waals surface area contributed by atoms with Crippen LogP contribution in [0.5, 0.6) is 0 Å². The number of hydrogen-bond donors (Lipinski definition) is 2. The molecule has 1 unspecified atom stereocenters. The van der Waals surface area contributed by atoms with Gasteiger partial charge in [-0.1, -0.05) is 33.1 Å². The maximum Gasteiger partial charge on any atom is 0.191 e. The van der Waals surface area contributed by atoms with Gasteiger partial charge in [-0.2, -0.15) is 5.10 Å². The van der Waals surface area contributed by atoms with Gasteiger partial charge in [0.1, 0.15) is 0 Å². The van der Waals surface area contributed by atoms with Crippen molar-refractivity contribution in [2.75, 3.05) is 19.6 Å². The van der Waals surface area contributed by atoms with Gasteiger partial charge < -0.3 is 10.6 Å². The van der Waals surface area contributed by atoms with E-state index in [4.69, 9.17) is 4.99 Å². The van der Waals surface area contributed by atoms with Gasteiger partial charge >= 0.3 is 0 Å². The molecule has 0 aromatic carbocycles.